The molecule has 1 aliphatic heterocycles. The third kappa shape index (κ3) is 4.99. The van der Waals surface area contributed by atoms with Gasteiger partial charge in [0.2, 0.25) is 10.0 Å². The zero-order valence-electron chi connectivity index (χ0n) is 15.9. The van der Waals surface area contributed by atoms with Crippen molar-refractivity contribution in [2.24, 2.45) is 0 Å². The Morgan fingerprint density at radius 1 is 1.21 bits per heavy atom. The monoisotopic (exact) mass is 420 g/mol. The van der Waals surface area contributed by atoms with Crippen molar-refractivity contribution in [3.05, 3.63) is 59.7 Å². The Morgan fingerprint density at radius 2 is 1.93 bits per heavy atom. The summed E-state index contributed by atoms with van der Waals surface area (Å²) in [5.41, 5.74) is 3.01. The Hall–Kier alpha value is -2.19. The lowest BCUT2D eigenvalue weighted by atomic mass is 10.1. The number of carbonyl (C=O) groups is 1. The molecule has 0 fully saturated rings. The molecule has 28 heavy (non-hydrogen) atoms. The van der Waals surface area contributed by atoms with E-state index < -0.39 is 16.1 Å². The van der Waals surface area contributed by atoms with Crippen molar-refractivity contribution in [3.63, 3.8) is 0 Å². The molecule has 0 aliphatic carbocycles. The van der Waals surface area contributed by atoms with Crippen molar-refractivity contribution in [3.8, 4) is 5.75 Å². The summed E-state index contributed by atoms with van der Waals surface area (Å²) in [5, 5.41) is 2.85. The van der Waals surface area contributed by atoms with Crippen LogP contribution in [0.3, 0.4) is 0 Å². The molecule has 6 nitrogen and oxygen atoms in total. The number of carbonyl (C=O) groups excluding carboxylic acids is 1. The minimum absolute atomic E-state index is 0.0297. The van der Waals surface area contributed by atoms with Gasteiger partial charge in [-0.3, -0.25) is 9.10 Å². The van der Waals surface area contributed by atoms with Gasteiger partial charge in [-0.2, -0.15) is 11.8 Å². The molecule has 1 unspecified atom stereocenters. The smallest absolute Gasteiger partial charge is 0.263 e. The molecule has 1 N–H and O–H groups in total. The second-order valence-corrected chi connectivity index (χ2v) is 9.65. The number of nitrogens with one attached hydrogen (secondary N) is 1. The van der Waals surface area contributed by atoms with Gasteiger partial charge in [0, 0.05) is 18.1 Å². The lowest BCUT2D eigenvalue weighted by molar-refractivity contribution is -0.127. The second-order valence-electron chi connectivity index (χ2n) is 6.64. The van der Waals surface area contributed by atoms with Crippen LogP contribution in [0.5, 0.6) is 5.75 Å². The number of nitrogens with zero attached hydrogens (tertiary/aromatic N) is 1. The van der Waals surface area contributed by atoms with Crippen molar-refractivity contribution < 1.29 is 17.9 Å². The summed E-state index contributed by atoms with van der Waals surface area (Å²) >= 11 is 1.74. The maximum Gasteiger partial charge on any atom is 0.263 e. The van der Waals surface area contributed by atoms with E-state index in [0.717, 1.165) is 17.8 Å². The molecule has 0 spiro atoms. The number of para-hydroxylation sites is 2. The van der Waals surface area contributed by atoms with Gasteiger partial charge < -0.3 is 10.1 Å². The standard InChI is InChI=1S/C20H24N2O4S2/c1-15-7-3-4-8-16(15)14-27-12-11-21-20(23)19-13-22(28(2,24)25)17-9-5-6-10-18(17)26-19/h3-10,19H,11-14H2,1-2H3,(H,21,23). The first-order chi connectivity index (χ1) is 13.4. The largest absolute Gasteiger partial charge is 0.476 e. The van der Waals surface area contributed by atoms with Crippen LogP contribution in [-0.2, 0) is 20.6 Å². The molecule has 8 heteroatoms. The molecule has 1 heterocycles. The first kappa shape index (κ1) is 20.5. The number of amides is 1. The number of aryl methyl sites for hydroxylation is 1. The number of sulfonamides is 1. The van der Waals surface area contributed by atoms with Crippen LogP contribution in [0.2, 0.25) is 0 Å². The highest BCUT2D eigenvalue weighted by Crippen LogP contribution is 2.34. The second kappa shape index (κ2) is 8.87. The summed E-state index contributed by atoms with van der Waals surface area (Å²) in [6, 6.07) is 15.1. The van der Waals surface area contributed by atoms with E-state index in [-0.39, 0.29) is 12.5 Å². The Balaban J connectivity index is 1.53. The number of hydrogen-bond acceptors (Lipinski definition) is 5. The van der Waals surface area contributed by atoms with Gasteiger partial charge >= 0.3 is 0 Å². The molecule has 0 saturated carbocycles. The highest BCUT2D eigenvalue weighted by Gasteiger charge is 2.34. The van der Waals surface area contributed by atoms with Gasteiger partial charge in [-0.1, -0.05) is 36.4 Å². The van der Waals surface area contributed by atoms with Gasteiger partial charge in [0.25, 0.3) is 5.91 Å². The van der Waals surface area contributed by atoms with E-state index in [1.54, 1.807) is 36.0 Å². The summed E-state index contributed by atoms with van der Waals surface area (Å²) < 4.78 is 31.2. The molecular formula is C20H24N2O4S2. The third-order valence-electron chi connectivity index (χ3n) is 4.49. The van der Waals surface area contributed by atoms with Crippen molar-refractivity contribution in [1.82, 2.24) is 5.32 Å². The van der Waals surface area contributed by atoms with Gasteiger partial charge in [0.1, 0.15) is 5.75 Å². The molecule has 2 aromatic rings. The lowest BCUT2D eigenvalue weighted by Gasteiger charge is -2.33. The molecular weight excluding hydrogens is 396 g/mol. The number of anilines is 1. The van der Waals surface area contributed by atoms with Crippen molar-refractivity contribution in [2.45, 2.75) is 18.8 Å². The first-order valence-electron chi connectivity index (χ1n) is 8.99. The van der Waals surface area contributed by atoms with E-state index in [0.29, 0.717) is 18.0 Å². The average molecular weight is 421 g/mol. The normalized spacial score (nSPS) is 16.2. The molecule has 0 bridgehead atoms. The zero-order valence-corrected chi connectivity index (χ0v) is 17.6. The zero-order chi connectivity index (χ0) is 20.1. The Bertz CT molecular complexity index is 947. The SMILES string of the molecule is Cc1ccccc1CSCCNC(=O)C1CN(S(C)(=O)=O)c2ccccc2O1. The van der Waals surface area contributed by atoms with Crippen LogP contribution >= 0.6 is 11.8 Å². The fraction of sp³-hybridized carbons (Fsp3) is 0.350. The fourth-order valence-corrected chi connectivity index (χ4v) is 4.82. The van der Waals surface area contributed by atoms with E-state index in [1.165, 1.54) is 15.4 Å². The molecule has 1 amide bonds. The highest BCUT2D eigenvalue weighted by atomic mass is 32.2. The molecule has 0 saturated heterocycles. The predicted molar refractivity (Wildman–Crippen MR) is 113 cm³/mol. The Kier molecular flexibility index (Phi) is 6.51. The Labute approximate surface area is 170 Å². The average Bonchev–Trinajstić information content (AvgIpc) is 2.67. The van der Waals surface area contributed by atoms with Crippen LogP contribution < -0.4 is 14.4 Å². The van der Waals surface area contributed by atoms with Crippen LogP contribution in [0.4, 0.5) is 5.69 Å². The summed E-state index contributed by atoms with van der Waals surface area (Å²) in [5.74, 6) is 1.74. The van der Waals surface area contributed by atoms with Gasteiger partial charge in [0.05, 0.1) is 18.5 Å². The maximum atomic E-state index is 12.5. The van der Waals surface area contributed by atoms with Crippen LogP contribution in [0.15, 0.2) is 48.5 Å². The Morgan fingerprint density at radius 3 is 2.68 bits per heavy atom. The predicted octanol–water partition coefficient (Wildman–Crippen LogP) is 2.57. The fourth-order valence-electron chi connectivity index (χ4n) is 2.97. The highest BCUT2D eigenvalue weighted by molar-refractivity contribution is 7.98. The number of thioether (sulfide) groups is 1. The van der Waals surface area contributed by atoms with Crippen molar-refractivity contribution >= 4 is 33.4 Å². The number of rotatable bonds is 7. The number of hydrogen-bond donors (Lipinski definition) is 1. The maximum absolute atomic E-state index is 12.5. The van der Waals surface area contributed by atoms with Gasteiger partial charge in [-0.25, -0.2) is 8.42 Å². The van der Waals surface area contributed by atoms with E-state index in [9.17, 15) is 13.2 Å². The van der Waals surface area contributed by atoms with Gasteiger partial charge in [-0.15, -0.1) is 0 Å². The number of ether oxygens (including phenoxy) is 1. The topological polar surface area (TPSA) is 75.7 Å². The van der Waals surface area contributed by atoms with Crippen LogP contribution in [0.25, 0.3) is 0 Å². The van der Waals surface area contributed by atoms with E-state index in [2.05, 4.69) is 24.4 Å². The first-order valence-corrected chi connectivity index (χ1v) is 12.0. The van der Waals surface area contributed by atoms with Gasteiger partial charge in [0.15, 0.2) is 6.10 Å². The molecule has 2 aromatic carbocycles. The summed E-state index contributed by atoms with van der Waals surface area (Å²) in [6.07, 6.45) is 0.262. The minimum atomic E-state index is -3.50. The quantitative estimate of drug-likeness (QED) is 0.697. The van der Waals surface area contributed by atoms with Gasteiger partial charge in [-0.05, 0) is 30.2 Å². The molecule has 3 rings (SSSR count). The van der Waals surface area contributed by atoms with Crippen LogP contribution in [0.1, 0.15) is 11.1 Å². The number of fused-ring (bicyclic) bond motifs is 1. The third-order valence-corrected chi connectivity index (χ3v) is 6.65. The van der Waals surface area contributed by atoms with Crippen LogP contribution in [-0.4, -0.2) is 45.5 Å². The molecule has 1 aliphatic rings. The molecule has 0 radical (unpaired) electrons. The molecule has 1 atom stereocenters. The summed E-state index contributed by atoms with van der Waals surface area (Å²) in [7, 11) is -3.50. The molecule has 150 valence electrons. The summed E-state index contributed by atoms with van der Waals surface area (Å²) in [6.45, 7) is 2.55. The van der Waals surface area contributed by atoms with E-state index in [1.807, 2.05) is 12.1 Å². The van der Waals surface area contributed by atoms with E-state index >= 15 is 0 Å². The number of benzene rings is 2. The van der Waals surface area contributed by atoms with Crippen molar-refractivity contribution in [2.75, 3.05) is 29.4 Å². The summed E-state index contributed by atoms with van der Waals surface area (Å²) in [4.78, 5) is 12.5. The van der Waals surface area contributed by atoms with Crippen molar-refractivity contribution in [1.29, 1.82) is 0 Å². The molecule has 0 aromatic heterocycles. The van der Waals surface area contributed by atoms with Crippen LogP contribution in [0, 0.1) is 6.92 Å². The minimum Gasteiger partial charge on any atom is -0.476 e. The van der Waals surface area contributed by atoms with E-state index in [4.69, 9.17) is 4.74 Å². The lowest BCUT2D eigenvalue weighted by Crippen LogP contribution is -2.50.